The Morgan fingerprint density at radius 2 is 2.00 bits per heavy atom. The third kappa shape index (κ3) is 3.59. The second-order valence-corrected chi connectivity index (χ2v) is 6.68. The lowest BCUT2D eigenvalue weighted by molar-refractivity contribution is 0.532. The van der Waals surface area contributed by atoms with Gasteiger partial charge < -0.3 is 15.6 Å². The molecule has 0 bridgehead atoms. The number of pyridine rings is 1. The Bertz CT molecular complexity index is 1030. The summed E-state index contributed by atoms with van der Waals surface area (Å²) in [7, 11) is 0. The number of nitrogens with zero attached hydrogens (tertiary/aromatic N) is 5. The molecule has 0 aliphatic rings. The summed E-state index contributed by atoms with van der Waals surface area (Å²) in [6.45, 7) is 6.22. The number of rotatable bonds is 6. The fourth-order valence-electron chi connectivity index (χ4n) is 2.83. The van der Waals surface area contributed by atoms with Gasteiger partial charge in [0.2, 0.25) is 5.95 Å². The molecule has 27 heavy (non-hydrogen) atoms. The first-order valence-electron chi connectivity index (χ1n) is 8.94. The molecule has 0 aliphatic carbocycles. The molecular formula is C19H22N8. The Balaban J connectivity index is 1.63. The highest BCUT2D eigenvalue weighted by Crippen LogP contribution is 2.26. The van der Waals surface area contributed by atoms with Crippen LogP contribution in [0.4, 0.5) is 17.5 Å². The quantitative estimate of drug-likeness (QED) is 0.479. The van der Waals surface area contributed by atoms with Crippen LogP contribution in [0.3, 0.4) is 0 Å². The summed E-state index contributed by atoms with van der Waals surface area (Å²) in [6.07, 6.45) is 7.36. The standard InChI is InChI=1S/C19H22N8/c1-12(2)27-11-14(10-22-27)24-19-25-17-15(7-9-21-17)18(26-19)23-13(3)16-6-4-5-8-20-16/h4-13H,1-3H3,(H3,21,23,24,25,26). The van der Waals surface area contributed by atoms with Crippen LogP contribution in [-0.4, -0.2) is 29.7 Å². The van der Waals surface area contributed by atoms with Gasteiger partial charge in [-0.25, -0.2) is 0 Å². The van der Waals surface area contributed by atoms with Crippen LogP contribution in [0.5, 0.6) is 0 Å². The predicted molar refractivity (Wildman–Crippen MR) is 106 cm³/mol. The van der Waals surface area contributed by atoms with Gasteiger partial charge in [-0.3, -0.25) is 9.67 Å². The van der Waals surface area contributed by atoms with E-state index in [2.05, 4.69) is 56.4 Å². The Kier molecular flexibility index (Phi) is 4.45. The Morgan fingerprint density at radius 3 is 2.74 bits per heavy atom. The van der Waals surface area contributed by atoms with Crippen molar-refractivity contribution < 1.29 is 0 Å². The molecule has 4 aromatic heterocycles. The molecule has 1 atom stereocenters. The summed E-state index contributed by atoms with van der Waals surface area (Å²) in [4.78, 5) is 16.8. The highest BCUT2D eigenvalue weighted by atomic mass is 15.3. The molecule has 0 aromatic carbocycles. The van der Waals surface area contributed by atoms with Crippen LogP contribution < -0.4 is 10.6 Å². The molecule has 138 valence electrons. The number of fused-ring (bicyclic) bond motifs is 1. The van der Waals surface area contributed by atoms with E-state index in [1.807, 2.05) is 41.3 Å². The summed E-state index contributed by atoms with van der Waals surface area (Å²) in [5, 5.41) is 11.9. The second kappa shape index (κ2) is 7.06. The zero-order valence-electron chi connectivity index (χ0n) is 15.5. The molecule has 0 fully saturated rings. The van der Waals surface area contributed by atoms with E-state index in [0.717, 1.165) is 28.2 Å². The second-order valence-electron chi connectivity index (χ2n) is 6.68. The zero-order valence-corrected chi connectivity index (χ0v) is 15.5. The SMILES string of the molecule is CC(Nc1nc(Nc2cnn(C(C)C)c2)nc2[nH]ccc12)c1ccccn1. The van der Waals surface area contributed by atoms with Gasteiger partial charge in [-0.05, 0) is 39.0 Å². The maximum Gasteiger partial charge on any atom is 0.231 e. The molecule has 4 heterocycles. The largest absolute Gasteiger partial charge is 0.361 e. The summed E-state index contributed by atoms with van der Waals surface area (Å²) >= 11 is 0. The summed E-state index contributed by atoms with van der Waals surface area (Å²) in [5.74, 6) is 1.25. The van der Waals surface area contributed by atoms with Crippen LogP contribution >= 0.6 is 0 Å². The van der Waals surface area contributed by atoms with Crippen LogP contribution in [0.1, 0.15) is 38.5 Å². The smallest absolute Gasteiger partial charge is 0.231 e. The third-order valence-corrected chi connectivity index (χ3v) is 4.29. The number of aromatic nitrogens is 6. The average molecular weight is 362 g/mol. The molecule has 0 saturated heterocycles. The predicted octanol–water partition coefficient (Wildman–Crippen LogP) is 4.05. The van der Waals surface area contributed by atoms with Crippen molar-refractivity contribution in [1.82, 2.24) is 29.7 Å². The van der Waals surface area contributed by atoms with E-state index in [-0.39, 0.29) is 6.04 Å². The highest BCUT2D eigenvalue weighted by molar-refractivity contribution is 5.88. The monoisotopic (exact) mass is 362 g/mol. The van der Waals surface area contributed by atoms with E-state index in [0.29, 0.717) is 12.0 Å². The van der Waals surface area contributed by atoms with Crippen molar-refractivity contribution in [3.8, 4) is 0 Å². The van der Waals surface area contributed by atoms with Crippen LogP contribution in [-0.2, 0) is 0 Å². The lowest BCUT2D eigenvalue weighted by atomic mass is 10.2. The Labute approximate surface area is 157 Å². The summed E-state index contributed by atoms with van der Waals surface area (Å²) in [6, 6.07) is 8.14. The molecule has 0 radical (unpaired) electrons. The van der Waals surface area contributed by atoms with Crippen molar-refractivity contribution in [3.05, 3.63) is 54.7 Å². The van der Waals surface area contributed by atoms with Crippen molar-refractivity contribution in [2.24, 2.45) is 0 Å². The number of hydrogen-bond acceptors (Lipinski definition) is 6. The van der Waals surface area contributed by atoms with E-state index in [1.54, 1.807) is 12.4 Å². The lowest BCUT2D eigenvalue weighted by Gasteiger charge is -2.15. The van der Waals surface area contributed by atoms with E-state index in [9.17, 15) is 0 Å². The molecule has 0 saturated carbocycles. The lowest BCUT2D eigenvalue weighted by Crippen LogP contribution is -2.11. The normalized spacial score (nSPS) is 12.4. The number of hydrogen-bond donors (Lipinski definition) is 3. The molecule has 3 N–H and O–H groups in total. The van der Waals surface area contributed by atoms with Gasteiger partial charge in [0.15, 0.2) is 0 Å². The summed E-state index contributed by atoms with van der Waals surface area (Å²) in [5.41, 5.74) is 2.56. The van der Waals surface area contributed by atoms with Gasteiger partial charge in [0.05, 0.1) is 29.0 Å². The minimum absolute atomic E-state index is 0.00995. The number of anilines is 3. The number of nitrogens with one attached hydrogen (secondary N) is 3. The first-order valence-corrected chi connectivity index (χ1v) is 8.94. The molecule has 8 nitrogen and oxygen atoms in total. The van der Waals surface area contributed by atoms with Crippen molar-refractivity contribution in [3.63, 3.8) is 0 Å². The van der Waals surface area contributed by atoms with Gasteiger partial charge in [-0.15, -0.1) is 0 Å². The zero-order chi connectivity index (χ0) is 18.8. The topological polar surface area (TPSA) is 96.3 Å². The van der Waals surface area contributed by atoms with E-state index in [4.69, 9.17) is 0 Å². The Hall–Kier alpha value is -3.42. The minimum Gasteiger partial charge on any atom is -0.361 e. The molecule has 0 spiro atoms. The van der Waals surface area contributed by atoms with Crippen LogP contribution in [0.15, 0.2) is 49.1 Å². The first kappa shape index (κ1) is 17.0. The fourth-order valence-corrected chi connectivity index (χ4v) is 2.83. The Morgan fingerprint density at radius 1 is 1.11 bits per heavy atom. The van der Waals surface area contributed by atoms with Crippen molar-refractivity contribution in [2.75, 3.05) is 10.6 Å². The van der Waals surface area contributed by atoms with Crippen molar-refractivity contribution in [1.29, 1.82) is 0 Å². The molecule has 0 amide bonds. The maximum atomic E-state index is 4.67. The first-order chi connectivity index (χ1) is 13.1. The molecule has 8 heteroatoms. The van der Waals surface area contributed by atoms with Gasteiger partial charge in [0.1, 0.15) is 11.5 Å². The molecular weight excluding hydrogens is 340 g/mol. The van der Waals surface area contributed by atoms with Crippen LogP contribution in [0.25, 0.3) is 11.0 Å². The summed E-state index contributed by atoms with van der Waals surface area (Å²) < 4.78 is 1.89. The third-order valence-electron chi connectivity index (χ3n) is 4.29. The van der Waals surface area contributed by atoms with Gasteiger partial charge >= 0.3 is 0 Å². The van der Waals surface area contributed by atoms with E-state index < -0.39 is 0 Å². The van der Waals surface area contributed by atoms with Gasteiger partial charge in [0, 0.05) is 24.6 Å². The van der Waals surface area contributed by atoms with Gasteiger partial charge in [0.25, 0.3) is 0 Å². The number of H-pyrrole nitrogens is 1. The van der Waals surface area contributed by atoms with E-state index >= 15 is 0 Å². The molecule has 0 aliphatic heterocycles. The average Bonchev–Trinajstić information content (AvgIpc) is 3.32. The molecule has 1 unspecified atom stereocenters. The van der Waals surface area contributed by atoms with Gasteiger partial charge in [-0.2, -0.15) is 15.1 Å². The van der Waals surface area contributed by atoms with E-state index in [1.165, 1.54) is 0 Å². The van der Waals surface area contributed by atoms with Crippen molar-refractivity contribution >= 4 is 28.5 Å². The van der Waals surface area contributed by atoms with Gasteiger partial charge in [-0.1, -0.05) is 6.07 Å². The van der Waals surface area contributed by atoms with Crippen LogP contribution in [0, 0.1) is 0 Å². The number of aromatic amines is 1. The molecule has 4 rings (SSSR count). The van der Waals surface area contributed by atoms with Crippen LogP contribution in [0.2, 0.25) is 0 Å². The highest BCUT2D eigenvalue weighted by Gasteiger charge is 2.13. The molecule has 4 aromatic rings. The fraction of sp³-hybridized carbons (Fsp3) is 0.263. The minimum atomic E-state index is 0.00995. The van der Waals surface area contributed by atoms with Crippen molar-refractivity contribution in [2.45, 2.75) is 32.9 Å². The maximum absolute atomic E-state index is 4.67.